The van der Waals surface area contributed by atoms with E-state index in [9.17, 15) is 13.2 Å². The second kappa shape index (κ2) is 7.54. The van der Waals surface area contributed by atoms with Gasteiger partial charge in [-0.2, -0.15) is 18.2 Å². The fourth-order valence-corrected chi connectivity index (χ4v) is 2.17. The molecule has 3 rings (SSSR count). The summed E-state index contributed by atoms with van der Waals surface area (Å²) in [4.78, 5) is 4.11. The van der Waals surface area contributed by atoms with Crippen LogP contribution in [0.4, 0.5) is 13.2 Å². The molecule has 0 spiro atoms. The Bertz CT molecular complexity index is 846. The van der Waals surface area contributed by atoms with Crippen molar-refractivity contribution in [2.24, 2.45) is 0 Å². The van der Waals surface area contributed by atoms with Gasteiger partial charge in [-0.15, -0.1) is 0 Å². The molecule has 3 aromatic rings. The summed E-state index contributed by atoms with van der Waals surface area (Å²) in [7, 11) is 0. The maximum absolute atomic E-state index is 12.6. The minimum absolute atomic E-state index is 0.0434. The molecule has 0 aliphatic rings. The molecule has 26 heavy (non-hydrogen) atoms. The minimum atomic E-state index is -4.39. The van der Waals surface area contributed by atoms with Gasteiger partial charge in [0.2, 0.25) is 5.82 Å². The van der Waals surface area contributed by atoms with Crippen molar-refractivity contribution in [3.05, 3.63) is 65.5 Å². The van der Waals surface area contributed by atoms with E-state index >= 15 is 0 Å². The standard InChI is InChI=1S/C17H14F3N3O3/c18-17(19,20)13-5-3-12(4-6-13)16-22-15(23-26-16)10-25-14-7-1-11(2-8-14)9-21-24/h1-8,21,24H,9-10H2. The Hall–Kier alpha value is -2.91. The zero-order valence-corrected chi connectivity index (χ0v) is 13.3. The molecule has 0 fully saturated rings. The molecule has 6 nitrogen and oxygen atoms in total. The maximum atomic E-state index is 12.6. The second-order valence-electron chi connectivity index (χ2n) is 5.36. The minimum Gasteiger partial charge on any atom is -0.485 e. The van der Waals surface area contributed by atoms with E-state index in [0.29, 0.717) is 17.9 Å². The summed E-state index contributed by atoms with van der Waals surface area (Å²) < 4.78 is 48.3. The molecule has 0 aliphatic heterocycles. The number of hydrogen-bond acceptors (Lipinski definition) is 6. The van der Waals surface area contributed by atoms with E-state index in [4.69, 9.17) is 14.5 Å². The van der Waals surface area contributed by atoms with Crippen molar-refractivity contribution >= 4 is 0 Å². The Balaban J connectivity index is 1.62. The summed E-state index contributed by atoms with van der Waals surface area (Å²) in [6, 6.07) is 11.5. The lowest BCUT2D eigenvalue weighted by Gasteiger charge is -2.05. The van der Waals surface area contributed by atoms with E-state index in [-0.39, 0.29) is 18.3 Å². The fraction of sp³-hybridized carbons (Fsp3) is 0.176. The highest BCUT2D eigenvalue weighted by Crippen LogP contribution is 2.30. The van der Waals surface area contributed by atoms with Crippen molar-refractivity contribution < 1.29 is 27.6 Å². The molecule has 2 aromatic carbocycles. The number of alkyl halides is 3. The summed E-state index contributed by atoms with van der Waals surface area (Å²) in [5, 5.41) is 12.4. The van der Waals surface area contributed by atoms with Gasteiger partial charge in [0, 0.05) is 12.1 Å². The SMILES string of the molecule is ONCc1ccc(OCc2noc(-c3ccc(C(F)(F)F)cc3)n2)cc1. The van der Waals surface area contributed by atoms with Crippen LogP contribution in [0, 0.1) is 0 Å². The van der Waals surface area contributed by atoms with Crippen LogP contribution in [0.1, 0.15) is 17.0 Å². The summed E-state index contributed by atoms with van der Waals surface area (Å²) in [6.07, 6.45) is -4.39. The number of aromatic nitrogens is 2. The van der Waals surface area contributed by atoms with Crippen LogP contribution in [0.15, 0.2) is 53.1 Å². The Morgan fingerprint density at radius 3 is 2.35 bits per heavy atom. The predicted molar refractivity (Wildman–Crippen MR) is 84.1 cm³/mol. The van der Waals surface area contributed by atoms with Crippen LogP contribution in [0.25, 0.3) is 11.5 Å². The molecule has 2 N–H and O–H groups in total. The molecular weight excluding hydrogens is 351 g/mol. The van der Waals surface area contributed by atoms with Gasteiger partial charge in [0.05, 0.1) is 5.56 Å². The third-order valence-corrected chi connectivity index (χ3v) is 3.50. The lowest BCUT2D eigenvalue weighted by Crippen LogP contribution is -2.05. The van der Waals surface area contributed by atoms with Crippen LogP contribution in [-0.4, -0.2) is 15.3 Å². The van der Waals surface area contributed by atoms with Crippen LogP contribution in [0.3, 0.4) is 0 Å². The van der Waals surface area contributed by atoms with Crippen LogP contribution < -0.4 is 10.2 Å². The Morgan fingerprint density at radius 1 is 1.04 bits per heavy atom. The highest BCUT2D eigenvalue weighted by atomic mass is 19.4. The number of nitrogens with one attached hydrogen (secondary N) is 1. The number of halogens is 3. The van der Waals surface area contributed by atoms with Crippen molar-refractivity contribution in [3.8, 4) is 17.2 Å². The lowest BCUT2D eigenvalue weighted by atomic mass is 10.1. The second-order valence-corrected chi connectivity index (χ2v) is 5.36. The molecule has 0 unspecified atom stereocenters. The van der Waals surface area contributed by atoms with Crippen molar-refractivity contribution in [1.29, 1.82) is 0 Å². The van der Waals surface area contributed by atoms with E-state index < -0.39 is 11.7 Å². The number of hydrogen-bond donors (Lipinski definition) is 2. The molecule has 9 heteroatoms. The summed E-state index contributed by atoms with van der Waals surface area (Å²) in [5.41, 5.74) is 2.57. The van der Waals surface area contributed by atoms with E-state index in [0.717, 1.165) is 17.7 Å². The molecule has 0 amide bonds. The Morgan fingerprint density at radius 2 is 1.73 bits per heavy atom. The van der Waals surface area contributed by atoms with Crippen LogP contribution >= 0.6 is 0 Å². The average Bonchev–Trinajstić information content (AvgIpc) is 3.10. The largest absolute Gasteiger partial charge is 0.485 e. The van der Waals surface area contributed by atoms with E-state index in [2.05, 4.69) is 15.6 Å². The average molecular weight is 365 g/mol. The van der Waals surface area contributed by atoms with Gasteiger partial charge in [0.25, 0.3) is 5.89 Å². The smallest absolute Gasteiger partial charge is 0.416 e. The first-order chi connectivity index (χ1) is 12.5. The van der Waals surface area contributed by atoms with Gasteiger partial charge in [0.1, 0.15) is 5.75 Å². The quantitative estimate of drug-likeness (QED) is 0.647. The van der Waals surface area contributed by atoms with Crippen molar-refractivity contribution in [2.75, 3.05) is 0 Å². The van der Waals surface area contributed by atoms with Gasteiger partial charge in [-0.25, -0.2) is 5.48 Å². The van der Waals surface area contributed by atoms with Crippen LogP contribution in [0.2, 0.25) is 0 Å². The fourth-order valence-electron chi connectivity index (χ4n) is 2.17. The zero-order valence-electron chi connectivity index (χ0n) is 13.3. The summed E-state index contributed by atoms with van der Waals surface area (Å²) in [5.74, 6) is 0.954. The summed E-state index contributed by atoms with van der Waals surface area (Å²) in [6.45, 7) is 0.364. The highest BCUT2D eigenvalue weighted by Gasteiger charge is 2.30. The molecule has 136 valence electrons. The third kappa shape index (κ3) is 4.38. The van der Waals surface area contributed by atoms with E-state index in [1.54, 1.807) is 24.3 Å². The number of hydroxylamine groups is 1. The van der Waals surface area contributed by atoms with E-state index in [1.165, 1.54) is 12.1 Å². The van der Waals surface area contributed by atoms with Gasteiger partial charge in [-0.3, -0.25) is 0 Å². The Kier molecular flexibility index (Phi) is 5.19. The normalized spacial score (nSPS) is 11.5. The molecular formula is C17H14F3N3O3. The van der Waals surface area contributed by atoms with Crippen molar-refractivity contribution in [2.45, 2.75) is 19.3 Å². The first-order valence-corrected chi connectivity index (χ1v) is 7.54. The first kappa shape index (κ1) is 17.9. The molecule has 0 saturated heterocycles. The van der Waals surface area contributed by atoms with Crippen molar-refractivity contribution in [3.63, 3.8) is 0 Å². The lowest BCUT2D eigenvalue weighted by molar-refractivity contribution is -0.137. The Labute approximate surface area is 146 Å². The first-order valence-electron chi connectivity index (χ1n) is 7.54. The number of rotatable bonds is 6. The van der Waals surface area contributed by atoms with Crippen molar-refractivity contribution in [1.82, 2.24) is 15.6 Å². The molecule has 1 aromatic heterocycles. The number of nitrogens with zero attached hydrogens (tertiary/aromatic N) is 2. The van der Waals surface area contributed by atoms with E-state index in [1.807, 2.05) is 0 Å². The maximum Gasteiger partial charge on any atom is 0.416 e. The summed E-state index contributed by atoms with van der Waals surface area (Å²) >= 11 is 0. The monoisotopic (exact) mass is 365 g/mol. The molecule has 0 radical (unpaired) electrons. The van der Waals surface area contributed by atoms with Crippen LogP contribution in [-0.2, 0) is 19.3 Å². The van der Waals surface area contributed by atoms with Crippen LogP contribution in [0.5, 0.6) is 5.75 Å². The predicted octanol–water partition coefficient (Wildman–Crippen LogP) is 3.81. The highest BCUT2D eigenvalue weighted by molar-refractivity contribution is 5.53. The van der Waals surface area contributed by atoms with Gasteiger partial charge in [-0.05, 0) is 42.0 Å². The van der Waals surface area contributed by atoms with Gasteiger partial charge in [-0.1, -0.05) is 17.3 Å². The molecule has 0 bridgehead atoms. The zero-order chi connectivity index (χ0) is 18.6. The third-order valence-electron chi connectivity index (χ3n) is 3.50. The van der Waals surface area contributed by atoms with Gasteiger partial charge >= 0.3 is 6.18 Å². The van der Waals surface area contributed by atoms with Gasteiger partial charge < -0.3 is 14.5 Å². The molecule has 0 aliphatic carbocycles. The number of benzene rings is 2. The number of ether oxygens (including phenoxy) is 1. The molecule has 1 heterocycles. The molecule has 0 atom stereocenters. The topological polar surface area (TPSA) is 80.4 Å². The van der Waals surface area contributed by atoms with Gasteiger partial charge in [0.15, 0.2) is 6.61 Å². The molecule has 0 saturated carbocycles.